The highest BCUT2D eigenvalue weighted by Gasteiger charge is 2.06. The van der Waals surface area contributed by atoms with Crippen molar-refractivity contribution in [3.63, 3.8) is 0 Å². The molecule has 7 heteroatoms. The van der Waals surface area contributed by atoms with E-state index in [9.17, 15) is 4.39 Å². The number of tetrazole rings is 1. The monoisotopic (exact) mass is 259 g/mol. The van der Waals surface area contributed by atoms with Gasteiger partial charge in [0, 0.05) is 12.1 Å². The molecule has 0 aliphatic carbocycles. The molecule has 0 saturated carbocycles. The van der Waals surface area contributed by atoms with E-state index in [0.29, 0.717) is 17.9 Å². The summed E-state index contributed by atoms with van der Waals surface area (Å²) in [6.07, 6.45) is 4.63. The first-order chi connectivity index (χ1) is 9.33. The molecule has 0 amide bonds. The van der Waals surface area contributed by atoms with Crippen LogP contribution in [0.25, 0.3) is 5.69 Å². The molecule has 19 heavy (non-hydrogen) atoms. The van der Waals surface area contributed by atoms with Crippen LogP contribution in [0.4, 0.5) is 10.1 Å². The van der Waals surface area contributed by atoms with Crippen molar-refractivity contribution in [3.05, 3.63) is 54.5 Å². The lowest BCUT2D eigenvalue weighted by Crippen LogP contribution is -2.03. The van der Waals surface area contributed by atoms with Crippen molar-refractivity contribution in [1.29, 1.82) is 0 Å². The molecule has 0 aliphatic heterocycles. The van der Waals surface area contributed by atoms with E-state index in [1.54, 1.807) is 24.7 Å². The molecule has 0 spiro atoms. The number of hydrogen-bond donors (Lipinski definition) is 1. The second-order valence-corrected chi connectivity index (χ2v) is 3.90. The Bertz CT molecular complexity index is 651. The minimum Gasteiger partial charge on any atom is -0.472 e. The van der Waals surface area contributed by atoms with Gasteiger partial charge in [0.25, 0.3) is 0 Å². The van der Waals surface area contributed by atoms with Gasteiger partial charge < -0.3 is 9.73 Å². The molecule has 3 aromatic rings. The van der Waals surface area contributed by atoms with E-state index in [2.05, 4.69) is 20.8 Å². The SMILES string of the molecule is Fc1ccc(-n2cnnn2)cc1NCc1ccoc1. The Morgan fingerprint density at radius 2 is 2.26 bits per heavy atom. The van der Waals surface area contributed by atoms with E-state index < -0.39 is 0 Å². The summed E-state index contributed by atoms with van der Waals surface area (Å²) >= 11 is 0. The quantitative estimate of drug-likeness (QED) is 0.776. The number of benzene rings is 1. The number of rotatable bonds is 4. The molecule has 0 fully saturated rings. The molecular weight excluding hydrogens is 249 g/mol. The molecular formula is C12H10FN5O. The normalized spacial score (nSPS) is 10.6. The van der Waals surface area contributed by atoms with Gasteiger partial charge in [-0.05, 0) is 34.7 Å². The highest BCUT2D eigenvalue weighted by atomic mass is 19.1. The largest absolute Gasteiger partial charge is 0.472 e. The second kappa shape index (κ2) is 4.89. The fourth-order valence-corrected chi connectivity index (χ4v) is 1.66. The zero-order valence-electron chi connectivity index (χ0n) is 9.82. The van der Waals surface area contributed by atoms with Crippen LogP contribution in [0.5, 0.6) is 0 Å². The lowest BCUT2D eigenvalue weighted by atomic mass is 10.2. The van der Waals surface area contributed by atoms with Gasteiger partial charge in [0.15, 0.2) is 0 Å². The minimum atomic E-state index is -0.333. The van der Waals surface area contributed by atoms with E-state index in [-0.39, 0.29) is 5.82 Å². The molecule has 0 saturated heterocycles. The maximum absolute atomic E-state index is 13.7. The Labute approximate surface area is 107 Å². The van der Waals surface area contributed by atoms with Crippen molar-refractivity contribution >= 4 is 5.69 Å². The van der Waals surface area contributed by atoms with Crippen LogP contribution < -0.4 is 5.32 Å². The number of nitrogens with one attached hydrogen (secondary N) is 1. The van der Waals surface area contributed by atoms with Crippen LogP contribution in [0.15, 0.2) is 47.5 Å². The number of nitrogens with zero attached hydrogens (tertiary/aromatic N) is 4. The molecule has 0 unspecified atom stereocenters. The van der Waals surface area contributed by atoms with Gasteiger partial charge in [0.1, 0.15) is 12.1 Å². The van der Waals surface area contributed by atoms with Crippen LogP contribution in [-0.4, -0.2) is 20.2 Å². The molecule has 0 aliphatic rings. The summed E-state index contributed by atoms with van der Waals surface area (Å²) in [6.45, 7) is 0.479. The summed E-state index contributed by atoms with van der Waals surface area (Å²) in [4.78, 5) is 0. The van der Waals surface area contributed by atoms with Crippen LogP contribution in [-0.2, 0) is 6.54 Å². The summed E-state index contributed by atoms with van der Waals surface area (Å²) in [6, 6.07) is 6.44. The van der Waals surface area contributed by atoms with Gasteiger partial charge in [-0.2, -0.15) is 0 Å². The van der Waals surface area contributed by atoms with Crippen LogP contribution in [0.3, 0.4) is 0 Å². The highest BCUT2D eigenvalue weighted by molar-refractivity contribution is 5.52. The van der Waals surface area contributed by atoms with E-state index in [4.69, 9.17) is 4.42 Å². The van der Waals surface area contributed by atoms with Crippen molar-refractivity contribution < 1.29 is 8.81 Å². The summed E-state index contributed by atoms with van der Waals surface area (Å²) in [5, 5.41) is 13.8. The van der Waals surface area contributed by atoms with Crippen molar-refractivity contribution in [2.45, 2.75) is 6.54 Å². The standard InChI is InChI=1S/C12H10FN5O/c13-11-2-1-10(18-8-15-16-17-18)5-12(11)14-6-9-3-4-19-7-9/h1-5,7-8,14H,6H2. The van der Waals surface area contributed by atoms with Crippen molar-refractivity contribution in [2.24, 2.45) is 0 Å². The first kappa shape index (κ1) is 11.4. The third kappa shape index (κ3) is 2.44. The van der Waals surface area contributed by atoms with Crippen LogP contribution >= 0.6 is 0 Å². The fourth-order valence-electron chi connectivity index (χ4n) is 1.66. The Morgan fingerprint density at radius 3 is 3.00 bits per heavy atom. The predicted octanol–water partition coefficient (Wildman–Crippen LogP) is 2.01. The topological polar surface area (TPSA) is 68.8 Å². The Morgan fingerprint density at radius 1 is 1.32 bits per heavy atom. The first-order valence-electron chi connectivity index (χ1n) is 5.61. The van der Waals surface area contributed by atoms with E-state index >= 15 is 0 Å². The van der Waals surface area contributed by atoms with Crippen molar-refractivity contribution in [2.75, 3.05) is 5.32 Å². The fraction of sp³-hybridized carbons (Fsp3) is 0.0833. The van der Waals surface area contributed by atoms with Crippen molar-refractivity contribution in [1.82, 2.24) is 20.2 Å². The molecule has 6 nitrogen and oxygen atoms in total. The predicted molar refractivity (Wildman–Crippen MR) is 65.1 cm³/mol. The summed E-state index contributed by atoms with van der Waals surface area (Å²) in [5.74, 6) is -0.333. The lowest BCUT2D eigenvalue weighted by Gasteiger charge is -2.08. The molecule has 1 aromatic carbocycles. The summed E-state index contributed by atoms with van der Waals surface area (Å²) in [7, 11) is 0. The molecule has 1 N–H and O–H groups in total. The second-order valence-electron chi connectivity index (χ2n) is 3.90. The lowest BCUT2D eigenvalue weighted by molar-refractivity contribution is 0.564. The summed E-state index contributed by atoms with van der Waals surface area (Å²) < 4.78 is 20.1. The smallest absolute Gasteiger partial charge is 0.146 e. The third-order valence-corrected chi connectivity index (χ3v) is 2.63. The van der Waals surface area contributed by atoms with Crippen LogP contribution in [0.1, 0.15) is 5.56 Å². The number of hydrogen-bond acceptors (Lipinski definition) is 5. The van der Waals surface area contributed by atoms with Gasteiger partial charge in [-0.25, -0.2) is 9.07 Å². The molecule has 96 valence electrons. The van der Waals surface area contributed by atoms with E-state index in [1.165, 1.54) is 17.1 Å². The first-order valence-corrected chi connectivity index (χ1v) is 5.61. The summed E-state index contributed by atoms with van der Waals surface area (Å²) in [5.41, 5.74) is 2.00. The van der Waals surface area contributed by atoms with Gasteiger partial charge in [-0.3, -0.25) is 0 Å². The molecule has 0 atom stereocenters. The van der Waals surface area contributed by atoms with Crippen LogP contribution in [0.2, 0.25) is 0 Å². The Kier molecular flexibility index (Phi) is 2.93. The maximum atomic E-state index is 13.7. The average molecular weight is 259 g/mol. The molecule has 0 bridgehead atoms. The molecule has 2 heterocycles. The highest BCUT2D eigenvalue weighted by Crippen LogP contribution is 2.19. The molecule has 0 radical (unpaired) electrons. The number of aromatic nitrogens is 4. The zero-order chi connectivity index (χ0) is 13.1. The molecule has 2 aromatic heterocycles. The van der Waals surface area contributed by atoms with Gasteiger partial charge in [-0.15, -0.1) is 5.10 Å². The Hall–Kier alpha value is -2.70. The Balaban J connectivity index is 1.82. The van der Waals surface area contributed by atoms with Crippen LogP contribution in [0, 0.1) is 5.82 Å². The average Bonchev–Trinajstić information content (AvgIpc) is 3.11. The van der Waals surface area contributed by atoms with E-state index in [1.807, 2.05) is 6.07 Å². The zero-order valence-corrected chi connectivity index (χ0v) is 9.82. The van der Waals surface area contributed by atoms with Gasteiger partial charge in [-0.1, -0.05) is 0 Å². The van der Waals surface area contributed by atoms with Gasteiger partial charge in [0.05, 0.1) is 23.9 Å². The minimum absolute atomic E-state index is 0.333. The third-order valence-electron chi connectivity index (χ3n) is 2.63. The van der Waals surface area contributed by atoms with E-state index in [0.717, 1.165) is 5.56 Å². The van der Waals surface area contributed by atoms with Gasteiger partial charge >= 0.3 is 0 Å². The van der Waals surface area contributed by atoms with Gasteiger partial charge in [0.2, 0.25) is 0 Å². The number of furan rings is 1. The maximum Gasteiger partial charge on any atom is 0.146 e. The number of anilines is 1. The van der Waals surface area contributed by atoms with Crippen molar-refractivity contribution in [3.8, 4) is 5.69 Å². The molecule has 3 rings (SSSR count). The number of halogens is 1.